The van der Waals surface area contributed by atoms with Gasteiger partial charge in [-0.15, -0.1) is 0 Å². The van der Waals surface area contributed by atoms with Crippen molar-refractivity contribution >= 4 is 27.6 Å². The molecule has 2 rings (SSSR count). The molecular formula is C12H16N2O3S. The van der Waals surface area contributed by atoms with Crippen LogP contribution in [0.15, 0.2) is 23.1 Å². The Labute approximate surface area is 107 Å². The quantitative estimate of drug-likeness (QED) is 0.835. The molecule has 1 amide bonds. The van der Waals surface area contributed by atoms with Gasteiger partial charge < -0.3 is 10.2 Å². The number of amides is 1. The highest BCUT2D eigenvalue weighted by molar-refractivity contribution is 7.90. The molecule has 18 heavy (non-hydrogen) atoms. The standard InChI is InChI=1S/C12H16N2O3S/c1-18(16,17)12-5-4-10(8-11(12)13-9-15)14-6-2-3-7-14/h4-5,8-9H,2-3,6-7H2,1H3,(H,13,15). The number of nitrogens with zero attached hydrogens (tertiary/aromatic N) is 1. The van der Waals surface area contributed by atoms with Crippen molar-refractivity contribution in [3.8, 4) is 0 Å². The van der Waals surface area contributed by atoms with Crippen LogP contribution in [-0.4, -0.2) is 34.2 Å². The summed E-state index contributed by atoms with van der Waals surface area (Å²) in [6.45, 7) is 1.94. The monoisotopic (exact) mass is 268 g/mol. The maximum atomic E-state index is 11.6. The van der Waals surface area contributed by atoms with Crippen molar-refractivity contribution in [2.24, 2.45) is 0 Å². The van der Waals surface area contributed by atoms with Gasteiger partial charge in [-0.05, 0) is 31.0 Å². The third-order valence-electron chi connectivity index (χ3n) is 3.05. The predicted octanol–water partition coefficient (Wildman–Crippen LogP) is 1.26. The van der Waals surface area contributed by atoms with E-state index in [0.717, 1.165) is 37.9 Å². The smallest absolute Gasteiger partial charge is 0.211 e. The molecule has 1 aromatic rings. The highest BCUT2D eigenvalue weighted by atomic mass is 32.2. The topological polar surface area (TPSA) is 66.5 Å². The molecule has 1 heterocycles. The number of nitrogens with one attached hydrogen (secondary N) is 1. The average molecular weight is 268 g/mol. The number of hydrogen-bond donors (Lipinski definition) is 1. The number of hydrogen-bond acceptors (Lipinski definition) is 4. The van der Waals surface area contributed by atoms with E-state index in [1.165, 1.54) is 0 Å². The van der Waals surface area contributed by atoms with E-state index >= 15 is 0 Å². The van der Waals surface area contributed by atoms with Crippen LogP contribution in [0.2, 0.25) is 0 Å². The molecule has 6 heteroatoms. The highest BCUT2D eigenvalue weighted by Gasteiger charge is 2.17. The predicted molar refractivity (Wildman–Crippen MR) is 70.7 cm³/mol. The summed E-state index contributed by atoms with van der Waals surface area (Å²) in [5.41, 5.74) is 1.29. The molecule has 1 aliphatic heterocycles. The molecule has 0 radical (unpaired) electrons. The Bertz CT molecular complexity index is 548. The first kappa shape index (κ1) is 12.9. The van der Waals surface area contributed by atoms with Crippen molar-refractivity contribution in [3.63, 3.8) is 0 Å². The first-order valence-electron chi connectivity index (χ1n) is 5.81. The van der Waals surface area contributed by atoms with Gasteiger partial charge in [-0.1, -0.05) is 0 Å². The Hall–Kier alpha value is -1.56. The first-order chi connectivity index (χ1) is 8.52. The molecule has 1 N–H and O–H groups in total. The Morgan fingerprint density at radius 1 is 1.28 bits per heavy atom. The normalized spacial score (nSPS) is 15.7. The Balaban J connectivity index is 2.42. The minimum Gasteiger partial charge on any atom is -0.371 e. The van der Waals surface area contributed by atoms with E-state index in [1.807, 2.05) is 0 Å². The number of sulfone groups is 1. The summed E-state index contributed by atoms with van der Waals surface area (Å²) >= 11 is 0. The van der Waals surface area contributed by atoms with Gasteiger partial charge in [0.2, 0.25) is 6.41 Å². The third-order valence-corrected chi connectivity index (χ3v) is 4.20. The number of rotatable bonds is 4. The zero-order valence-corrected chi connectivity index (χ0v) is 11.0. The highest BCUT2D eigenvalue weighted by Crippen LogP contribution is 2.28. The molecule has 1 fully saturated rings. The molecule has 1 aliphatic rings. The lowest BCUT2D eigenvalue weighted by Crippen LogP contribution is -2.18. The molecule has 1 saturated heterocycles. The van der Waals surface area contributed by atoms with Gasteiger partial charge in [0.15, 0.2) is 9.84 Å². The SMILES string of the molecule is CS(=O)(=O)c1ccc(N2CCCC2)cc1NC=O. The van der Waals surface area contributed by atoms with Crippen molar-refractivity contribution in [2.75, 3.05) is 29.6 Å². The van der Waals surface area contributed by atoms with Gasteiger partial charge in [0, 0.05) is 25.0 Å². The van der Waals surface area contributed by atoms with E-state index in [2.05, 4.69) is 10.2 Å². The number of benzene rings is 1. The second kappa shape index (κ2) is 4.97. The summed E-state index contributed by atoms with van der Waals surface area (Å²) in [7, 11) is -3.34. The Morgan fingerprint density at radius 3 is 2.50 bits per heavy atom. The van der Waals surface area contributed by atoms with E-state index in [1.54, 1.807) is 18.2 Å². The fourth-order valence-corrected chi connectivity index (χ4v) is 3.02. The van der Waals surface area contributed by atoms with Crippen molar-refractivity contribution in [1.29, 1.82) is 0 Å². The summed E-state index contributed by atoms with van der Waals surface area (Å²) in [5, 5.41) is 2.46. The lowest BCUT2D eigenvalue weighted by atomic mass is 10.2. The van der Waals surface area contributed by atoms with Crippen LogP contribution in [0.5, 0.6) is 0 Å². The zero-order valence-electron chi connectivity index (χ0n) is 10.2. The Morgan fingerprint density at radius 2 is 1.94 bits per heavy atom. The second-order valence-electron chi connectivity index (χ2n) is 4.41. The molecule has 0 aromatic heterocycles. The van der Waals surface area contributed by atoms with Gasteiger partial charge in [0.25, 0.3) is 0 Å². The van der Waals surface area contributed by atoms with E-state index in [9.17, 15) is 13.2 Å². The van der Waals surface area contributed by atoms with Gasteiger partial charge in [-0.3, -0.25) is 4.79 Å². The molecule has 98 valence electrons. The van der Waals surface area contributed by atoms with Crippen LogP contribution in [0.1, 0.15) is 12.8 Å². The summed E-state index contributed by atoms with van der Waals surface area (Å²) in [5.74, 6) is 0. The first-order valence-corrected chi connectivity index (χ1v) is 7.71. The lowest BCUT2D eigenvalue weighted by molar-refractivity contribution is -0.105. The largest absolute Gasteiger partial charge is 0.371 e. The van der Waals surface area contributed by atoms with Crippen LogP contribution in [0.4, 0.5) is 11.4 Å². The summed E-state index contributed by atoms with van der Waals surface area (Å²) in [6.07, 6.45) is 3.92. The minimum atomic E-state index is -3.34. The van der Waals surface area contributed by atoms with Crippen LogP contribution in [-0.2, 0) is 14.6 Å². The summed E-state index contributed by atoms with van der Waals surface area (Å²) in [6, 6.07) is 5.06. The van der Waals surface area contributed by atoms with E-state index in [0.29, 0.717) is 12.1 Å². The van der Waals surface area contributed by atoms with Crippen LogP contribution in [0.3, 0.4) is 0 Å². The summed E-state index contributed by atoms with van der Waals surface area (Å²) < 4.78 is 23.2. The van der Waals surface area contributed by atoms with E-state index < -0.39 is 9.84 Å². The molecular weight excluding hydrogens is 252 g/mol. The minimum absolute atomic E-state index is 0.151. The molecule has 0 aliphatic carbocycles. The molecule has 0 spiro atoms. The number of carbonyl (C=O) groups is 1. The van der Waals surface area contributed by atoms with Crippen molar-refractivity contribution < 1.29 is 13.2 Å². The van der Waals surface area contributed by atoms with Crippen molar-refractivity contribution in [2.45, 2.75) is 17.7 Å². The van der Waals surface area contributed by atoms with Crippen LogP contribution in [0.25, 0.3) is 0 Å². The molecule has 1 aromatic carbocycles. The van der Waals surface area contributed by atoms with Crippen LogP contribution < -0.4 is 10.2 Å². The van der Waals surface area contributed by atoms with Crippen molar-refractivity contribution in [3.05, 3.63) is 18.2 Å². The molecule has 5 nitrogen and oxygen atoms in total. The fraction of sp³-hybridized carbons (Fsp3) is 0.417. The van der Waals surface area contributed by atoms with Gasteiger partial charge >= 0.3 is 0 Å². The second-order valence-corrected chi connectivity index (χ2v) is 6.39. The van der Waals surface area contributed by atoms with Gasteiger partial charge in [0.05, 0.1) is 10.6 Å². The van der Waals surface area contributed by atoms with Gasteiger partial charge in [-0.25, -0.2) is 8.42 Å². The van der Waals surface area contributed by atoms with Gasteiger partial charge in [0.1, 0.15) is 0 Å². The number of anilines is 2. The number of carbonyl (C=O) groups excluding carboxylic acids is 1. The van der Waals surface area contributed by atoms with E-state index in [4.69, 9.17) is 0 Å². The lowest BCUT2D eigenvalue weighted by Gasteiger charge is -2.19. The average Bonchev–Trinajstić information content (AvgIpc) is 2.81. The Kier molecular flexibility index (Phi) is 3.56. The van der Waals surface area contributed by atoms with Crippen molar-refractivity contribution in [1.82, 2.24) is 0 Å². The molecule has 0 bridgehead atoms. The molecule has 0 atom stereocenters. The maximum Gasteiger partial charge on any atom is 0.211 e. The zero-order chi connectivity index (χ0) is 13.2. The van der Waals surface area contributed by atoms with Crippen LogP contribution >= 0.6 is 0 Å². The maximum absolute atomic E-state index is 11.6. The molecule has 0 unspecified atom stereocenters. The van der Waals surface area contributed by atoms with E-state index in [-0.39, 0.29) is 4.90 Å². The van der Waals surface area contributed by atoms with Gasteiger partial charge in [-0.2, -0.15) is 0 Å². The molecule has 0 saturated carbocycles. The van der Waals surface area contributed by atoms with Crippen LogP contribution in [0, 0.1) is 0 Å². The third kappa shape index (κ3) is 2.64. The fourth-order valence-electron chi connectivity index (χ4n) is 2.19. The summed E-state index contributed by atoms with van der Waals surface area (Å²) in [4.78, 5) is 12.9.